The molecule has 1 aromatic rings. The highest BCUT2D eigenvalue weighted by atomic mass is 19.1. The van der Waals surface area contributed by atoms with Gasteiger partial charge in [0.25, 0.3) is 0 Å². The van der Waals surface area contributed by atoms with Crippen molar-refractivity contribution in [3.05, 3.63) is 29.6 Å². The Morgan fingerprint density at radius 3 is 2.68 bits per heavy atom. The van der Waals surface area contributed by atoms with Crippen molar-refractivity contribution < 1.29 is 18.7 Å². The summed E-state index contributed by atoms with van der Waals surface area (Å²) in [5.74, 6) is 5.78. The molecule has 8 heteroatoms. The Morgan fingerprint density at radius 1 is 1.26 bits per heavy atom. The average Bonchev–Trinajstić information content (AvgIpc) is 3.38. The molecule has 3 heterocycles. The van der Waals surface area contributed by atoms with Crippen LogP contribution in [0.4, 0.5) is 19.7 Å². The highest BCUT2D eigenvalue weighted by molar-refractivity contribution is 5.95. The van der Waals surface area contributed by atoms with Gasteiger partial charge in [-0.05, 0) is 75.9 Å². The summed E-state index contributed by atoms with van der Waals surface area (Å²) in [6.45, 7) is 8.24. The smallest absolute Gasteiger partial charge is 0.411 e. The molecule has 3 amide bonds. The van der Waals surface area contributed by atoms with E-state index in [2.05, 4.69) is 16.7 Å². The second-order valence-corrected chi connectivity index (χ2v) is 10.0. The van der Waals surface area contributed by atoms with Crippen LogP contribution < -0.4 is 4.90 Å². The third kappa shape index (κ3) is 4.85. The van der Waals surface area contributed by atoms with E-state index in [-0.39, 0.29) is 23.4 Å². The quantitative estimate of drug-likeness (QED) is 0.635. The van der Waals surface area contributed by atoms with Gasteiger partial charge in [-0.1, -0.05) is 5.92 Å². The van der Waals surface area contributed by atoms with Crippen molar-refractivity contribution in [2.75, 3.05) is 58.3 Å². The maximum absolute atomic E-state index is 14.2. The van der Waals surface area contributed by atoms with Crippen LogP contribution >= 0.6 is 0 Å². The van der Waals surface area contributed by atoms with Crippen molar-refractivity contribution in [3.8, 4) is 11.8 Å². The SMILES string of the molecule is CC#CC(C)OC(=O)N1CC[C@H](CN2CCC3(CC2)CN(C(=O)N(C)C)c2ccc(F)cc23)C1. The number of halogens is 1. The molecular formula is C26H35FN4O3. The summed E-state index contributed by atoms with van der Waals surface area (Å²) in [5, 5.41) is 0. The number of hydrogen-bond acceptors (Lipinski definition) is 4. The predicted molar refractivity (Wildman–Crippen MR) is 129 cm³/mol. The summed E-state index contributed by atoms with van der Waals surface area (Å²) in [4.78, 5) is 32.8. The molecule has 0 bridgehead atoms. The first kappa shape index (κ1) is 24.3. The lowest BCUT2D eigenvalue weighted by molar-refractivity contribution is 0.0933. The number of fused-ring (bicyclic) bond motifs is 2. The van der Waals surface area contributed by atoms with Crippen LogP contribution in [0.25, 0.3) is 0 Å². The number of ether oxygens (including phenoxy) is 1. The molecule has 0 aromatic heterocycles. The Hall–Kier alpha value is -2.79. The van der Waals surface area contributed by atoms with Gasteiger partial charge in [0.1, 0.15) is 5.82 Å². The van der Waals surface area contributed by atoms with Gasteiger partial charge in [0.15, 0.2) is 6.10 Å². The summed E-state index contributed by atoms with van der Waals surface area (Å²) in [6.07, 6.45) is 2.04. The lowest BCUT2D eigenvalue weighted by Crippen LogP contribution is -2.48. The molecule has 0 aliphatic carbocycles. The highest BCUT2D eigenvalue weighted by Crippen LogP contribution is 2.47. The normalized spacial score (nSPS) is 22.2. The zero-order chi connectivity index (χ0) is 24.5. The van der Waals surface area contributed by atoms with Crippen molar-refractivity contribution in [1.29, 1.82) is 0 Å². The first-order valence-corrected chi connectivity index (χ1v) is 12.1. The number of piperidine rings is 1. The van der Waals surface area contributed by atoms with Crippen LogP contribution in [0.15, 0.2) is 18.2 Å². The second kappa shape index (κ2) is 9.83. The summed E-state index contributed by atoms with van der Waals surface area (Å²) in [5.41, 5.74) is 1.59. The van der Waals surface area contributed by atoms with E-state index < -0.39 is 6.10 Å². The predicted octanol–water partition coefficient (Wildman–Crippen LogP) is 3.53. The summed E-state index contributed by atoms with van der Waals surface area (Å²) in [6, 6.07) is 4.74. The van der Waals surface area contributed by atoms with Crippen LogP contribution in [0, 0.1) is 23.6 Å². The molecular weight excluding hydrogens is 435 g/mol. The molecule has 4 rings (SSSR count). The minimum Gasteiger partial charge on any atom is -0.433 e. The van der Waals surface area contributed by atoms with Crippen molar-refractivity contribution in [3.63, 3.8) is 0 Å². The third-order valence-electron chi connectivity index (χ3n) is 7.39. The van der Waals surface area contributed by atoms with E-state index in [9.17, 15) is 14.0 Å². The van der Waals surface area contributed by atoms with Gasteiger partial charge in [-0.25, -0.2) is 14.0 Å². The number of nitrogens with zero attached hydrogens (tertiary/aromatic N) is 4. The fourth-order valence-electron chi connectivity index (χ4n) is 5.62. The molecule has 1 spiro atoms. The van der Waals surface area contributed by atoms with E-state index in [1.165, 1.54) is 6.07 Å². The summed E-state index contributed by atoms with van der Waals surface area (Å²) in [7, 11) is 3.50. The van der Waals surface area contributed by atoms with Gasteiger partial charge in [-0.15, -0.1) is 5.92 Å². The van der Waals surface area contributed by atoms with Crippen LogP contribution in [0.1, 0.15) is 38.7 Å². The first-order valence-electron chi connectivity index (χ1n) is 12.1. The Balaban J connectivity index is 1.35. The number of likely N-dealkylation sites (tertiary alicyclic amines) is 2. The Kier molecular flexibility index (Phi) is 7.04. The molecule has 0 N–H and O–H groups in total. The number of rotatable bonds is 3. The second-order valence-electron chi connectivity index (χ2n) is 10.0. The number of amides is 3. The van der Waals surface area contributed by atoms with E-state index in [1.807, 2.05) is 0 Å². The minimum atomic E-state index is -0.395. The maximum atomic E-state index is 14.2. The first-order chi connectivity index (χ1) is 16.2. The highest BCUT2D eigenvalue weighted by Gasteiger charge is 2.47. The number of urea groups is 1. The van der Waals surface area contributed by atoms with Gasteiger partial charge < -0.3 is 19.4 Å². The van der Waals surface area contributed by atoms with Crippen molar-refractivity contribution >= 4 is 17.8 Å². The van der Waals surface area contributed by atoms with Crippen LogP contribution in [-0.4, -0.2) is 86.3 Å². The van der Waals surface area contributed by atoms with E-state index in [0.717, 1.165) is 50.1 Å². The van der Waals surface area contributed by atoms with E-state index in [4.69, 9.17) is 4.74 Å². The maximum Gasteiger partial charge on any atom is 0.411 e. The van der Waals surface area contributed by atoms with Crippen molar-refractivity contribution in [1.82, 2.24) is 14.7 Å². The summed E-state index contributed by atoms with van der Waals surface area (Å²) >= 11 is 0. The Labute approximate surface area is 201 Å². The van der Waals surface area contributed by atoms with Crippen LogP contribution in [0.2, 0.25) is 0 Å². The van der Waals surface area contributed by atoms with Gasteiger partial charge in [0, 0.05) is 51.4 Å². The lowest BCUT2D eigenvalue weighted by atomic mass is 9.74. The molecule has 2 fully saturated rings. The fourth-order valence-corrected chi connectivity index (χ4v) is 5.62. The molecule has 184 valence electrons. The third-order valence-corrected chi connectivity index (χ3v) is 7.39. The molecule has 2 atom stereocenters. The average molecular weight is 471 g/mol. The largest absolute Gasteiger partial charge is 0.433 e. The van der Waals surface area contributed by atoms with Crippen LogP contribution in [0.5, 0.6) is 0 Å². The minimum absolute atomic E-state index is 0.0654. The van der Waals surface area contributed by atoms with Gasteiger partial charge in [0.2, 0.25) is 0 Å². The molecule has 0 radical (unpaired) electrons. The van der Waals surface area contributed by atoms with Gasteiger partial charge >= 0.3 is 12.1 Å². The van der Waals surface area contributed by atoms with Crippen LogP contribution in [-0.2, 0) is 10.2 Å². The van der Waals surface area contributed by atoms with Crippen molar-refractivity contribution in [2.24, 2.45) is 5.92 Å². The molecule has 3 aliphatic heterocycles. The molecule has 1 aromatic carbocycles. The lowest BCUT2D eigenvalue weighted by Gasteiger charge is -2.40. The van der Waals surface area contributed by atoms with Gasteiger partial charge in [0.05, 0.1) is 0 Å². The standard InChI is InChI=1S/C26H35FN4O3/c1-5-6-19(2)34-25(33)30-12-9-20(17-30)16-29-13-10-26(11-14-29)18-31(24(32)28(3)4)23-8-7-21(27)15-22(23)26/h7-8,15,19-20H,9-14,16-18H2,1-4H3/t19?,20-/m1/s1. The van der Waals surface area contributed by atoms with E-state index >= 15 is 0 Å². The molecule has 34 heavy (non-hydrogen) atoms. The van der Waals surface area contributed by atoms with Gasteiger partial charge in [-0.3, -0.25) is 4.90 Å². The molecule has 0 saturated carbocycles. The zero-order valence-electron chi connectivity index (χ0n) is 20.6. The van der Waals surface area contributed by atoms with Gasteiger partial charge in [-0.2, -0.15) is 0 Å². The number of carbonyl (C=O) groups is 2. The monoisotopic (exact) mass is 470 g/mol. The molecule has 1 unspecified atom stereocenters. The molecule has 7 nitrogen and oxygen atoms in total. The topological polar surface area (TPSA) is 56.3 Å². The number of carbonyl (C=O) groups excluding carboxylic acids is 2. The molecule has 3 aliphatic rings. The van der Waals surface area contributed by atoms with Crippen molar-refractivity contribution in [2.45, 2.75) is 44.6 Å². The number of anilines is 1. The van der Waals surface area contributed by atoms with E-state index in [0.29, 0.717) is 25.6 Å². The van der Waals surface area contributed by atoms with E-state index in [1.54, 1.807) is 54.8 Å². The fraction of sp³-hybridized carbons (Fsp3) is 0.615. The molecule has 2 saturated heterocycles. The Bertz CT molecular complexity index is 993. The Morgan fingerprint density at radius 2 is 2.00 bits per heavy atom. The number of hydrogen-bond donors (Lipinski definition) is 0. The number of benzene rings is 1. The van der Waals surface area contributed by atoms with Crippen LogP contribution in [0.3, 0.4) is 0 Å². The summed E-state index contributed by atoms with van der Waals surface area (Å²) < 4.78 is 19.6. The zero-order valence-corrected chi connectivity index (χ0v) is 20.6.